The van der Waals surface area contributed by atoms with Gasteiger partial charge in [0.05, 0.1) is 0 Å². The highest BCUT2D eigenvalue weighted by atomic mass is 32.1. The summed E-state index contributed by atoms with van der Waals surface area (Å²) in [6.45, 7) is 2.82. The fourth-order valence-corrected chi connectivity index (χ4v) is 1.09. The van der Waals surface area contributed by atoms with Gasteiger partial charge in [0.1, 0.15) is 0 Å². The second-order valence-electron chi connectivity index (χ2n) is 2.73. The van der Waals surface area contributed by atoms with Crippen molar-refractivity contribution >= 4 is 12.6 Å². The van der Waals surface area contributed by atoms with Crippen molar-refractivity contribution < 1.29 is 0 Å². The maximum Gasteiger partial charge on any atom is 0.00401 e. The van der Waals surface area contributed by atoms with Crippen LogP contribution in [0, 0.1) is 0 Å². The molecule has 0 aliphatic rings. The van der Waals surface area contributed by atoms with Crippen molar-refractivity contribution in [3.05, 3.63) is 29.8 Å². The highest BCUT2D eigenvalue weighted by molar-refractivity contribution is 7.80. The first-order chi connectivity index (χ1) is 5.24. The molecule has 0 spiro atoms. The van der Waals surface area contributed by atoms with Crippen molar-refractivity contribution in [2.24, 2.45) is 5.73 Å². The van der Waals surface area contributed by atoms with Gasteiger partial charge in [0, 0.05) is 4.90 Å². The van der Waals surface area contributed by atoms with Crippen LogP contribution in [0.3, 0.4) is 0 Å². The van der Waals surface area contributed by atoms with E-state index < -0.39 is 0 Å². The SMILES string of the molecule is CC(CN)c1ccc(S)cc1. The molecule has 0 radical (unpaired) electrons. The summed E-state index contributed by atoms with van der Waals surface area (Å²) in [5.41, 5.74) is 6.81. The lowest BCUT2D eigenvalue weighted by Crippen LogP contribution is -2.08. The first kappa shape index (κ1) is 8.62. The van der Waals surface area contributed by atoms with Crippen LogP contribution < -0.4 is 5.73 Å². The van der Waals surface area contributed by atoms with E-state index in [-0.39, 0.29) is 0 Å². The standard InChI is InChI=1S/C9H13NS/c1-7(6-10)8-2-4-9(11)5-3-8/h2-5,7,11H,6,10H2,1H3. The first-order valence-electron chi connectivity index (χ1n) is 3.73. The quantitative estimate of drug-likeness (QED) is 0.648. The van der Waals surface area contributed by atoms with Gasteiger partial charge in [0.2, 0.25) is 0 Å². The van der Waals surface area contributed by atoms with Gasteiger partial charge < -0.3 is 5.73 Å². The van der Waals surface area contributed by atoms with Crippen molar-refractivity contribution in [2.75, 3.05) is 6.54 Å². The molecule has 0 heterocycles. The number of benzene rings is 1. The van der Waals surface area contributed by atoms with E-state index in [1.54, 1.807) is 0 Å². The summed E-state index contributed by atoms with van der Waals surface area (Å²) in [4.78, 5) is 0.998. The van der Waals surface area contributed by atoms with E-state index in [9.17, 15) is 0 Å². The van der Waals surface area contributed by atoms with E-state index in [1.165, 1.54) is 5.56 Å². The molecule has 0 bridgehead atoms. The number of rotatable bonds is 2. The van der Waals surface area contributed by atoms with Gasteiger partial charge in [0.15, 0.2) is 0 Å². The molecule has 60 valence electrons. The van der Waals surface area contributed by atoms with Gasteiger partial charge in [-0.05, 0) is 30.2 Å². The zero-order chi connectivity index (χ0) is 8.27. The monoisotopic (exact) mass is 167 g/mol. The molecular weight excluding hydrogens is 154 g/mol. The van der Waals surface area contributed by atoms with Gasteiger partial charge in [-0.1, -0.05) is 19.1 Å². The molecule has 1 unspecified atom stereocenters. The second kappa shape index (κ2) is 3.79. The van der Waals surface area contributed by atoms with Gasteiger partial charge >= 0.3 is 0 Å². The first-order valence-corrected chi connectivity index (χ1v) is 4.17. The molecule has 0 aromatic heterocycles. The molecule has 1 rings (SSSR count). The van der Waals surface area contributed by atoms with Gasteiger partial charge in [-0.25, -0.2) is 0 Å². The molecular formula is C9H13NS. The van der Waals surface area contributed by atoms with Crippen LogP contribution in [0.5, 0.6) is 0 Å². The Labute approximate surface area is 73.0 Å². The minimum atomic E-state index is 0.448. The summed E-state index contributed by atoms with van der Waals surface area (Å²) < 4.78 is 0. The topological polar surface area (TPSA) is 26.0 Å². The van der Waals surface area contributed by atoms with Crippen LogP contribution in [0.4, 0.5) is 0 Å². The maximum absolute atomic E-state index is 5.52. The average molecular weight is 167 g/mol. The molecule has 1 nitrogen and oxygen atoms in total. The second-order valence-corrected chi connectivity index (χ2v) is 3.24. The lowest BCUT2D eigenvalue weighted by molar-refractivity contribution is 0.773. The van der Waals surface area contributed by atoms with E-state index in [0.29, 0.717) is 12.5 Å². The van der Waals surface area contributed by atoms with E-state index in [2.05, 4.69) is 31.7 Å². The molecule has 1 aromatic rings. The number of nitrogens with two attached hydrogens (primary N) is 1. The summed E-state index contributed by atoms with van der Waals surface area (Å²) in [5, 5.41) is 0. The number of thiol groups is 1. The molecule has 0 aliphatic heterocycles. The smallest absolute Gasteiger partial charge is 0.00401 e. The third-order valence-electron chi connectivity index (χ3n) is 1.82. The van der Waals surface area contributed by atoms with Crippen molar-refractivity contribution in [2.45, 2.75) is 17.7 Å². The Bertz CT molecular complexity index is 218. The van der Waals surface area contributed by atoms with Crippen LogP contribution in [-0.4, -0.2) is 6.54 Å². The summed E-state index contributed by atoms with van der Waals surface area (Å²) in [6.07, 6.45) is 0. The molecule has 0 saturated carbocycles. The van der Waals surface area contributed by atoms with Gasteiger partial charge in [-0.15, -0.1) is 12.6 Å². The molecule has 0 aliphatic carbocycles. The van der Waals surface area contributed by atoms with E-state index in [0.717, 1.165) is 4.90 Å². The van der Waals surface area contributed by atoms with Crippen LogP contribution in [0.15, 0.2) is 29.2 Å². The van der Waals surface area contributed by atoms with Gasteiger partial charge in [-0.3, -0.25) is 0 Å². The Morgan fingerprint density at radius 2 is 1.91 bits per heavy atom. The minimum absolute atomic E-state index is 0.448. The van der Waals surface area contributed by atoms with Crippen molar-refractivity contribution in [1.82, 2.24) is 0 Å². The van der Waals surface area contributed by atoms with Gasteiger partial charge in [-0.2, -0.15) is 0 Å². The Balaban J connectivity index is 2.81. The van der Waals surface area contributed by atoms with Crippen LogP contribution in [0.1, 0.15) is 18.4 Å². The van der Waals surface area contributed by atoms with Gasteiger partial charge in [0.25, 0.3) is 0 Å². The molecule has 2 N–H and O–H groups in total. The zero-order valence-corrected chi connectivity index (χ0v) is 7.51. The Morgan fingerprint density at radius 3 is 2.36 bits per heavy atom. The molecule has 1 aromatic carbocycles. The number of hydrogen-bond donors (Lipinski definition) is 2. The van der Waals surface area contributed by atoms with E-state index in [4.69, 9.17) is 5.73 Å². The summed E-state index contributed by atoms with van der Waals surface area (Å²) in [6, 6.07) is 8.12. The highest BCUT2D eigenvalue weighted by Gasteiger charge is 2.00. The molecule has 11 heavy (non-hydrogen) atoms. The molecule has 0 fully saturated rings. The minimum Gasteiger partial charge on any atom is -0.330 e. The maximum atomic E-state index is 5.52. The normalized spacial score (nSPS) is 13.0. The summed E-state index contributed by atoms with van der Waals surface area (Å²) >= 11 is 4.20. The highest BCUT2D eigenvalue weighted by Crippen LogP contribution is 2.15. The zero-order valence-electron chi connectivity index (χ0n) is 6.62. The Morgan fingerprint density at radius 1 is 1.36 bits per heavy atom. The number of hydrogen-bond acceptors (Lipinski definition) is 2. The lowest BCUT2D eigenvalue weighted by atomic mass is 10.0. The summed E-state index contributed by atoms with van der Waals surface area (Å²) in [7, 11) is 0. The van der Waals surface area contributed by atoms with Crippen LogP contribution >= 0.6 is 12.6 Å². The van der Waals surface area contributed by atoms with Crippen LogP contribution in [-0.2, 0) is 0 Å². The molecule has 1 atom stereocenters. The van der Waals surface area contributed by atoms with Crippen LogP contribution in [0.2, 0.25) is 0 Å². The van der Waals surface area contributed by atoms with Crippen molar-refractivity contribution in [1.29, 1.82) is 0 Å². The predicted octanol–water partition coefficient (Wildman–Crippen LogP) is 2.04. The van der Waals surface area contributed by atoms with Crippen LogP contribution in [0.25, 0.3) is 0 Å². The third-order valence-corrected chi connectivity index (χ3v) is 2.11. The summed E-state index contributed by atoms with van der Waals surface area (Å²) in [5.74, 6) is 0.448. The predicted molar refractivity (Wildman–Crippen MR) is 51.2 cm³/mol. The fourth-order valence-electron chi connectivity index (χ4n) is 0.939. The van der Waals surface area contributed by atoms with E-state index in [1.807, 2.05) is 12.1 Å². The third kappa shape index (κ3) is 2.24. The molecule has 2 heteroatoms. The molecule has 0 saturated heterocycles. The molecule has 0 amide bonds. The largest absolute Gasteiger partial charge is 0.330 e. The lowest BCUT2D eigenvalue weighted by Gasteiger charge is -2.07. The Hall–Kier alpha value is -0.470. The van der Waals surface area contributed by atoms with Crippen molar-refractivity contribution in [3.8, 4) is 0 Å². The average Bonchev–Trinajstić information content (AvgIpc) is 2.05. The van der Waals surface area contributed by atoms with E-state index >= 15 is 0 Å². The Kier molecular flexibility index (Phi) is 2.97. The fraction of sp³-hybridized carbons (Fsp3) is 0.333. The van der Waals surface area contributed by atoms with Crippen molar-refractivity contribution in [3.63, 3.8) is 0 Å².